The first-order valence-corrected chi connectivity index (χ1v) is 11.0. The zero-order valence-corrected chi connectivity index (χ0v) is 18.2. The van der Waals surface area contributed by atoms with Crippen LogP contribution < -0.4 is 10.6 Å². The average Bonchev–Trinajstić information content (AvgIpc) is 3.15. The summed E-state index contributed by atoms with van der Waals surface area (Å²) in [5.74, 6) is -0.114. The molecule has 0 radical (unpaired) electrons. The summed E-state index contributed by atoms with van der Waals surface area (Å²) < 4.78 is 14.8. The SMILES string of the molecule is CCc1ccc(NC(=O)CSc2nnc(CC(=O)Nc3ccc(F)cc3)n2CC)cc1. The first kappa shape index (κ1) is 22.5. The molecule has 3 rings (SSSR count). The number of nitrogens with one attached hydrogen (secondary N) is 2. The predicted molar refractivity (Wildman–Crippen MR) is 120 cm³/mol. The van der Waals surface area contributed by atoms with E-state index in [4.69, 9.17) is 0 Å². The van der Waals surface area contributed by atoms with Gasteiger partial charge in [-0.05, 0) is 55.3 Å². The van der Waals surface area contributed by atoms with Gasteiger partial charge < -0.3 is 15.2 Å². The number of carbonyl (C=O) groups excluding carboxylic acids is 2. The number of aryl methyl sites for hydroxylation is 1. The lowest BCUT2D eigenvalue weighted by Gasteiger charge is -2.09. The topological polar surface area (TPSA) is 88.9 Å². The highest BCUT2D eigenvalue weighted by molar-refractivity contribution is 7.99. The lowest BCUT2D eigenvalue weighted by molar-refractivity contribution is -0.116. The molecule has 2 N–H and O–H groups in total. The first-order valence-electron chi connectivity index (χ1n) is 9.97. The van der Waals surface area contributed by atoms with E-state index in [1.807, 2.05) is 31.2 Å². The highest BCUT2D eigenvalue weighted by atomic mass is 32.2. The van der Waals surface area contributed by atoms with E-state index in [0.29, 0.717) is 23.2 Å². The predicted octanol–water partition coefficient (Wildman–Crippen LogP) is 3.91. The van der Waals surface area contributed by atoms with Crippen LogP contribution in [0.1, 0.15) is 25.2 Å². The third-order valence-corrected chi connectivity index (χ3v) is 5.50. The Hall–Kier alpha value is -3.20. The maximum Gasteiger partial charge on any atom is 0.234 e. The Kier molecular flexibility index (Phi) is 7.77. The second-order valence-electron chi connectivity index (χ2n) is 6.76. The van der Waals surface area contributed by atoms with Crippen molar-refractivity contribution in [1.29, 1.82) is 0 Å². The van der Waals surface area contributed by atoms with Crippen molar-refractivity contribution in [3.8, 4) is 0 Å². The van der Waals surface area contributed by atoms with Gasteiger partial charge in [0.2, 0.25) is 11.8 Å². The Labute approximate surface area is 184 Å². The van der Waals surface area contributed by atoms with Crippen molar-refractivity contribution in [3.05, 3.63) is 65.7 Å². The summed E-state index contributed by atoms with van der Waals surface area (Å²) in [6, 6.07) is 13.3. The van der Waals surface area contributed by atoms with Crippen molar-refractivity contribution in [1.82, 2.24) is 14.8 Å². The molecule has 2 aromatic carbocycles. The Morgan fingerprint density at radius 3 is 2.16 bits per heavy atom. The first-order chi connectivity index (χ1) is 15.0. The average molecular weight is 442 g/mol. The van der Waals surface area contributed by atoms with Gasteiger partial charge in [-0.1, -0.05) is 30.8 Å². The fourth-order valence-corrected chi connectivity index (χ4v) is 3.73. The van der Waals surface area contributed by atoms with E-state index in [1.165, 1.54) is 41.6 Å². The van der Waals surface area contributed by atoms with E-state index in [9.17, 15) is 14.0 Å². The number of aromatic nitrogens is 3. The number of anilines is 2. The fourth-order valence-electron chi connectivity index (χ4n) is 2.91. The van der Waals surface area contributed by atoms with Crippen molar-refractivity contribution in [2.75, 3.05) is 16.4 Å². The van der Waals surface area contributed by atoms with E-state index in [2.05, 4.69) is 27.8 Å². The van der Waals surface area contributed by atoms with Crippen LogP contribution >= 0.6 is 11.8 Å². The number of benzene rings is 2. The summed E-state index contributed by atoms with van der Waals surface area (Å²) in [6.45, 7) is 4.56. The minimum absolute atomic E-state index is 0.0226. The van der Waals surface area contributed by atoms with Gasteiger partial charge in [0, 0.05) is 17.9 Å². The summed E-state index contributed by atoms with van der Waals surface area (Å²) in [5.41, 5.74) is 2.46. The number of hydrogen-bond acceptors (Lipinski definition) is 5. The number of carbonyl (C=O) groups is 2. The van der Waals surface area contributed by atoms with E-state index in [-0.39, 0.29) is 29.8 Å². The quantitative estimate of drug-likeness (QED) is 0.492. The molecule has 0 atom stereocenters. The van der Waals surface area contributed by atoms with Crippen LogP contribution in [0.2, 0.25) is 0 Å². The molecule has 0 fully saturated rings. The van der Waals surface area contributed by atoms with Crippen molar-refractivity contribution >= 4 is 35.0 Å². The molecule has 0 bridgehead atoms. The zero-order chi connectivity index (χ0) is 22.2. The van der Waals surface area contributed by atoms with E-state index >= 15 is 0 Å². The summed E-state index contributed by atoms with van der Waals surface area (Å²) in [5, 5.41) is 14.4. The van der Waals surface area contributed by atoms with Gasteiger partial charge >= 0.3 is 0 Å². The molecule has 31 heavy (non-hydrogen) atoms. The van der Waals surface area contributed by atoms with E-state index < -0.39 is 0 Å². The smallest absolute Gasteiger partial charge is 0.234 e. The fraction of sp³-hybridized carbons (Fsp3) is 0.273. The van der Waals surface area contributed by atoms with Crippen molar-refractivity contribution in [3.63, 3.8) is 0 Å². The standard InChI is InChI=1S/C22H24FN5O2S/c1-3-15-5-9-17(10-6-15)25-21(30)14-31-22-27-26-19(28(22)4-2)13-20(29)24-18-11-7-16(23)8-12-18/h5-12H,3-4,13-14H2,1-2H3,(H,24,29)(H,25,30). The van der Waals surface area contributed by atoms with Crippen molar-refractivity contribution in [2.45, 2.75) is 38.4 Å². The molecule has 3 aromatic rings. The van der Waals surface area contributed by atoms with Crippen LogP contribution in [0.3, 0.4) is 0 Å². The largest absolute Gasteiger partial charge is 0.326 e. The monoisotopic (exact) mass is 441 g/mol. The van der Waals surface area contributed by atoms with Gasteiger partial charge in [-0.25, -0.2) is 4.39 Å². The number of hydrogen-bond donors (Lipinski definition) is 2. The van der Waals surface area contributed by atoms with Gasteiger partial charge in [0.1, 0.15) is 11.6 Å². The number of amides is 2. The van der Waals surface area contributed by atoms with Crippen LogP contribution in [0.15, 0.2) is 53.7 Å². The lowest BCUT2D eigenvalue weighted by atomic mass is 10.1. The van der Waals surface area contributed by atoms with Gasteiger partial charge in [-0.15, -0.1) is 10.2 Å². The summed E-state index contributed by atoms with van der Waals surface area (Å²) in [4.78, 5) is 24.6. The van der Waals surface area contributed by atoms with Crippen molar-refractivity contribution in [2.24, 2.45) is 0 Å². The Morgan fingerprint density at radius 2 is 1.55 bits per heavy atom. The number of nitrogens with zero attached hydrogens (tertiary/aromatic N) is 3. The van der Waals surface area contributed by atoms with E-state index in [0.717, 1.165) is 12.1 Å². The minimum atomic E-state index is -0.368. The minimum Gasteiger partial charge on any atom is -0.326 e. The molecule has 0 aliphatic heterocycles. The molecule has 162 valence electrons. The van der Waals surface area contributed by atoms with Gasteiger partial charge in [0.25, 0.3) is 0 Å². The van der Waals surface area contributed by atoms with Crippen LogP contribution in [0.5, 0.6) is 0 Å². The molecule has 0 spiro atoms. The Morgan fingerprint density at radius 1 is 0.935 bits per heavy atom. The lowest BCUT2D eigenvalue weighted by Crippen LogP contribution is -2.18. The molecule has 0 aliphatic carbocycles. The molecule has 0 aliphatic rings. The van der Waals surface area contributed by atoms with E-state index in [1.54, 1.807) is 4.57 Å². The zero-order valence-electron chi connectivity index (χ0n) is 17.4. The van der Waals surface area contributed by atoms with Crippen LogP contribution in [-0.4, -0.2) is 32.3 Å². The van der Waals surface area contributed by atoms with Crippen molar-refractivity contribution < 1.29 is 14.0 Å². The third kappa shape index (κ3) is 6.39. The highest BCUT2D eigenvalue weighted by Crippen LogP contribution is 2.19. The van der Waals surface area contributed by atoms with Crippen LogP contribution in [0.25, 0.3) is 0 Å². The summed E-state index contributed by atoms with van der Waals surface area (Å²) >= 11 is 1.26. The second-order valence-corrected chi connectivity index (χ2v) is 7.70. The van der Waals surface area contributed by atoms with Gasteiger partial charge in [0.05, 0.1) is 12.2 Å². The van der Waals surface area contributed by atoms with Crippen LogP contribution in [0.4, 0.5) is 15.8 Å². The molecule has 0 unspecified atom stereocenters. The number of rotatable bonds is 9. The molecule has 9 heteroatoms. The van der Waals surface area contributed by atoms with Crippen LogP contribution in [-0.2, 0) is 29.0 Å². The number of thioether (sulfide) groups is 1. The highest BCUT2D eigenvalue weighted by Gasteiger charge is 2.16. The summed E-state index contributed by atoms with van der Waals surface area (Å²) in [7, 11) is 0. The molecule has 0 saturated carbocycles. The molecular weight excluding hydrogens is 417 g/mol. The van der Waals surface area contributed by atoms with Gasteiger partial charge in [0.15, 0.2) is 5.16 Å². The second kappa shape index (κ2) is 10.7. The Balaban J connectivity index is 1.55. The summed E-state index contributed by atoms with van der Waals surface area (Å²) in [6.07, 6.45) is 0.968. The maximum atomic E-state index is 13.0. The van der Waals surface area contributed by atoms with Gasteiger partial charge in [-0.2, -0.15) is 0 Å². The normalized spacial score (nSPS) is 10.7. The third-order valence-electron chi connectivity index (χ3n) is 4.53. The molecule has 7 nitrogen and oxygen atoms in total. The molecule has 1 heterocycles. The number of halogens is 1. The maximum absolute atomic E-state index is 13.0. The molecule has 2 amide bonds. The molecule has 1 aromatic heterocycles. The Bertz CT molecular complexity index is 1040. The van der Waals surface area contributed by atoms with Gasteiger partial charge in [-0.3, -0.25) is 9.59 Å². The molecular formula is C22H24FN5O2S. The van der Waals surface area contributed by atoms with Crippen LogP contribution in [0, 0.1) is 5.82 Å². The molecule has 0 saturated heterocycles.